The smallest absolute Gasteiger partial charge is 0.319 e. The van der Waals surface area contributed by atoms with Crippen molar-refractivity contribution < 1.29 is 4.79 Å². The lowest BCUT2D eigenvalue weighted by molar-refractivity contribution is 0.249. The van der Waals surface area contributed by atoms with Gasteiger partial charge in [-0.3, -0.25) is 4.90 Å². The van der Waals surface area contributed by atoms with Crippen molar-refractivity contribution in [3.63, 3.8) is 0 Å². The third-order valence-corrected chi connectivity index (χ3v) is 7.12. The Morgan fingerprint density at radius 3 is 2.67 bits per heavy atom. The Labute approximate surface area is 182 Å². The molecule has 0 fully saturated rings. The minimum absolute atomic E-state index is 0.0793. The lowest BCUT2D eigenvalue weighted by Gasteiger charge is -2.27. The summed E-state index contributed by atoms with van der Waals surface area (Å²) in [6.07, 6.45) is 6.09. The lowest BCUT2D eigenvalue weighted by atomic mass is 9.98. The molecule has 0 bridgehead atoms. The van der Waals surface area contributed by atoms with Gasteiger partial charge >= 0.3 is 6.03 Å². The number of urea groups is 1. The van der Waals surface area contributed by atoms with Crippen LogP contribution >= 0.6 is 11.3 Å². The second-order valence-corrected chi connectivity index (χ2v) is 8.85. The summed E-state index contributed by atoms with van der Waals surface area (Å²) in [4.78, 5) is 16.7. The molecule has 0 saturated heterocycles. The van der Waals surface area contributed by atoms with Gasteiger partial charge in [-0.1, -0.05) is 32.0 Å². The van der Waals surface area contributed by atoms with Gasteiger partial charge in [-0.25, -0.2) is 4.79 Å². The molecule has 2 amide bonds. The summed E-state index contributed by atoms with van der Waals surface area (Å²) in [5, 5.41) is 7.45. The fourth-order valence-electron chi connectivity index (χ4n) is 4.22. The monoisotopic (exact) mass is 422 g/mol. The molecule has 5 nitrogen and oxygen atoms in total. The van der Waals surface area contributed by atoms with E-state index in [1.165, 1.54) is 21.0 Å². The Morgan fingerprint density at radius 1 is 1.17 bits per heavy atom. The summed E-state index contributed by atoms with van der Waals surface area (Å²) < 4.78 is 2.18. The minimum Gasteiger partial charge on any atom is -0.331 e. The van der Waals surface area contributed by atoms with Crippen LogP contribution in [0.2, 0.25) is 0 Å². The summed E-state index contributed by atoms with van der Waals surface area (Å²) in [6, 6.07) is 11.8. The van der Waals surface area contributed by atoms with Crippen LogP contribution in [0.4, 0.5) is 10.5 Å². The van der Waals surface area contributed by atoms with Crippen molar-refractivity contribution in [2.75, 3.05) is 18.4 Å². The third-order valence-electron chi connectivity index (χ3n) is 5.87. The fraction of sp³-hybridized carbons (Fsp3) is 0.375. The number of aromatic nitrogens is 1. The van der Waals surface area contributed by atoms with Crippen LogP contribution < -0.4 is 10.6 Å². The Kier molecular flexibility index (Phi) is 6.25. The summed E-state index contributed by atoms with van der Waals surface area (Å²) >= 11 is 1.85. The van der Waals surface area contributed by atoms with Gasteiger partial charge in [0.1, 0.15) is 5.00 Å². The number of para-hydroxylation sites is 1. The number of nitrogens with one attached hydrogen (secondary N) is 2. The van der Waals surface area contributed by atoms with Crippen LogP contribution in [0.15, 0.2) is 48.8 Å². The molecule has 6 heteroatoms. The standard InChI is InChI=1S/C24H30N4OS/c1-4-18-10-6-7-11-20(18)26-24(29)25-17(3)22-19-12-15-27(5-2)16-21(19)30-23(22)28-13-8-9-14-28/h6-11,13-14,17H,4-5,12,15-16H2,1-3H3,(H2,25,26,29). The summed E-state index contributed by atoms with van der Waals surface area (Å²) in [5.41, 5.74) is 4.68. The molecule has 158 valence electrons. The van der Waals surface area contributed by atoms with Gasteiger partial charge in [0.05, 0.1) is 6.04 Å². The van der Waals surface area contributed by atoms with Crippen molar-refractivity contribution in [3.8, 4) is 5.00 Å². The third kappa shape index (κ3) is 4.16. The average Bonchev–Trinajstić information content (AvgIpc) is 3.41. The molecule has 1 aliphatic rings. The van der Waals surface area contributed by atoms with Crippen LogP contribution in [0.1, 0.15) is 48.4 Å². The summed E-state index contributed by atoms with van der Waals surface area (Å²) in [5.74, 6) is 0. The van der Waals surface area contributed by atoms with Crippen LogP contribution in [0.3, 0.4) is 0 Å². The average molecular weight is 423 g/mol. The molecule has 0 saturated carbocycles. The number of thiophene rings is 1. The van der Waals surface area contributed by atoms with Crippen LogP contribution in [0.5, 0.6) is 0 Å². The van der Waals surface area contributed by atoms with Gasteiger partial charge in [0.15, 0.2) is 0 Å². The molecule has 1 aliphatic heterocycles. The number of hydrogen-bond acceptors (Lipinski definition) is 3. The van der Waals surface area contributed by atoms with Gasteiger partial charge in [0.2, 0.25) is 0 Å². The number of anilines is 1. The van der Waals surface area contributed by atoms with Crippen LogP contribution in [-0.4, -0.2) is 28.6 Å². The van der Waals surface area contributed by atoms with E-state index in [0.29, 0.717) is 0 Å². The SMILES string of the molecule is CCc1ccccc1NC(=O)NC(C)c1c(-n2cccc2)sc2c1CCN(CC)C2. The zero-order valence-corrected chi connectivity index (χ0v) is 18.8. The molecule has 1 atom stereocenters. The molecular weight excluding hydrogens is 392 g/mol. The molecule has 1 unspecified atom stereocenters. The number of carbonyl (C=O) groups excluding carboxylic acids is 1. The van der Waals surface area contributed by atoms with E-state index in [0.717, 1.165) is 43.7 Å². The largest absolute Gasteiger partial charge is 0.331 e. The lowest BCUT2D eigenvalue weighted by Crippen LogP contribution is -2.33. The second kappa shape index (κ2) is 9.06. The van der Waals surface area contributed by atoms with Crippen LogP contribution in [0, 0.1) is 0 Å². The molecule has 0 aliphatic carbocycles. The highest BCUT2D eigenvalue weighted by Crippen LogP contribution is 2.39. The molecule has 3 aromatic rings. The van der Waals surface area contributed by atoms with Gasteiger partial charge in [-0.15, -0.1) is 11.3 Å². The number of aryl methyl sites for hydroxylation is 1. The Bertz CT molecular complexity index is 1010. The first-order chi connectivity index (χ1) is 14.6. The van der Waals surface area contributed by atoms with Crippen LogP contribution in [-0.2, 0) is 19.4 Å². The topological polar surface area (TPSA) is 49.3 Å². The number of likely N-dealkylation sites (N-methyl/N-ethyl adjacent to an activating group) is 1. The van der Waals surface area contributed by atoms with E-state index in [2.05, 4.69) is 59.3 Å². The first kappa shape index (κ1) is 20.7. The quantitative estimate of drug-likeness (QED) is 0.562. The van der Waals surface area contributed by atoms with Gasteiger partial charge in [-0.05, 0) is 55.6 Å². The maximum atomic E-state index is 12.8. The molecule has 2 N–H and O–H groups in total. The van der Waals surface area contributed by atoms with Gasteiger partial charge in [-0.2, -0.15) is 0 Å². The Balaban J connectivity index is 1.59. The molecule has 3 heterocycles. The van der Waals surface area contributed by atoms with Crippen molar-refractivity contribution in [1.82, 2.24) is 14.8 Å². The van der Waals surface area contributed by atoms with Crippen molar-refractivity contribution in [1.29, 1.82) is 0 Å². The zero-order chi connectivity index (χ0) is 21.1. The van der Waals surface area contributed by atoms with E-state index in [1.807, 2.05) is 41.7 Å². The van der Waals surface area contributed by atoms with Crippen molar-refractivity contribution in [3.05, 3.63) is 70.4 Å². The van der Waals surface area contributed by atoms with E-state index in [9.17, 15) is 4.79 Å². The number of benzene rings is 1. The number of amides is 2. The Morgan fingerprint density at radius 2 is 1.93 bits per heavy atom. The van der Waals surface area contributed by atoms with E-state index < -0.39 is 0 Å². The molecule has 2 aromatic heterocycles. The number of carbonyl (C=O) groups is 1. The van der Waals surface area contributed by atoms with E-state index in [4.69, 9.17) is 0 Å². The predicted octanol–water partition coefficient (Wildman–Crippen LogP) is 5.36. The summed E-state index contributed by atoms with van der Waals surface area (Å²) in [6.45, 7) is 9.54. The highest BCUT2D eigenvalue weighted by atomic mass is 32.1. The molecule has 0 spiro atoms. The fourth-order valence-corrected chi connectivity index (χ4v) is 5.68. The highest BCUT2D eigenvalue weighted by molar-refractivity contribution is 7.15. The normalized spacial score (nSPS) is 14.9. The van der Waals surface area contributed by atoms with Crippen molar-refractivity contribution in [2.45, 2.75) is 46.2 Å². The van der Waals surface area contributed by atoms with E-state index >= 15 is 0 Å². The van der Waals surface area contributed by atoms with E-state index in [1.54, 1.807) is 0 Å². The maximum Gasteiger partial charge on any atom is 0.319 e. The van der Waals surface area contributed by atoms with Gasteiger partial charge in [0, 0.05) is 41.6 Å². The molecule has 4 rings (SSSR count). The Hall–Kier alpha value is -2.57. The van der Waals surface area contributed by atoms with Crippen molar-refractivity contribution >= 4 is 23.1 Å². The summed E-state index contributed by atoms with van der Waals surface area (Å²) in [7, 11) is 0. The first-order valence-electron chi connectivity index (χ1n) is 10.8. The van der Waals surface area contributed by atoms with Crippen LogP contribution in [0.25, 0.3) is 5.00 Å². The minimum atomic E-state index is -0.159. The number of rotatable bonds is 6. The van der Waals surface area contributed by atoms with Gasteiger partial charge < -0.3 is 15.2 Å². The number of fused-ring (bicyclic) bond motifs is 1. The van der Waals surface area contributed by atoms with E-state index in [-0.39, 0.29) is 12.1 Å². The molecule has 30 heavy (non-hydrogen) atoms. The first-order valence-corrected chi connectivity index (χ1v) is 11.6. The van der Waals surface area contributed by atoms with Crippen molar-refractivity contribution in [2.24, 2.45) is 0 Å². The molecule has 0 radical (unpaired) electrons. The number of nitrogens with zero attached hydrogens (tertiary/aromatic N) is 2. The molecule has 1 aromatic carbocycles. The molecular formula is C24H30N4OS. The maximum absolute atomic E-state index is 12.8. The van der Waals surface area contributed by atoms with Gasteiger partial charge in [0.25, 0.3) is 0 Å². The number of hydrogen-bond donors (Lipinski definition) is 2. The second-order valence-electron chi connectivity index (χ2n) is 7.76. The highest BCUT2D eigenvalue weighted by Gasteiger charge is 2.28. The predicted molar refractivity (Wildman–Crippen MR) is 125 cm³/mol. The zero-order valence-electron chi connectivity index (χ0n) is 17.9.